The Bertz CT molecular complexity index is 1180. The number of pyridine rings is 2. The van der Waals surface area contributed by atoms with E-state index < -0.39 is 0 Å². The van der Waals surface area contributed by atoms with Crippen LogP contribution in [0.4, 0.5) is 4.39 Å². The predicted molar refractivity (Wildman–Crippen MR) is 126 cm³/mol. The van der Waals surface area contributed by atoms with Crippen molar-refractivity contribution in [1.82, 2.24) is 25.2 Å². The van der Waals surface area contributed by atoms with Gasteiger partial charge in [-0.15, -0.1) is 0 Å². The lowest BCUT2D eigenvalue weighted by atomic mass is 9.91. The number of hydrogen-bond acceptors (Lipinski definition) is 4. The van der Waals surface area contributed by atoms with Crippen molar-refractivity contribution in [2.75, 3.05) is 13.1 Å². The summed E-state index contributed by atoms with van der Waals surface area (Å²) in [6.45, 7) is 5.31. The Morgan fingerprint density at radius 3 is 2.53 bits per heavy atom. The molecule has 1 saturated heterocycles. The van der Waals surface area contributed by atoms with Gasteiger partial charge in [0.1, 0.15) is 11.5 Å². The average Bonchev–Trinajstić information content (AvgIpc) is 3.23. The summed E-state index contributed by atoms with van der Waals surface area (Å²) in [5, 5.41) is 12.0. The second-order valence-corrected chi connectivity index (χ2v) is 8.59. The lowest BCUT2D eigenvalue weighted by molar-refractivity contribution is 0.292. The first kappa shape index (κ1) is 20.8. The Balaban J connectivity index is 1.47. The normalized spacial score (nSPS) is 15.8. The number of fused-ring (bicyclic) bond motifs is 1. The van der Waals surface area contributed by atoms with Gasteiger partial charge in [-0.2, -0.15) is 5.10 Å². The second-order valence-electron chi connectivity index (χ2n) is 8.59. The Hall–Kier alpha value is -3.09. The summed E-state index contributed by atoms with van der Waals surface area (Å²) in [5.41, 5.74) is 6.00. The molecule has 1 fully saturated rings. The summed E-state index contributed by atoms with van der Waals surface area (Å²) in [6.07, 6.45) is 8.11. The molecule has 3 aromatic heterocycles. The summed E-state index contributed by atoms with van der Waals surface area (Å²) in [5.74, 6) is 0.465. The van der Waals surface area contributed by atoms with Crippen molar-refractivity contribution in [3.63, 3.8) is 0 Å². The number of rotatable bonds is 6. The SMILES string of the molecule is C[C@@H](NCc1ccc2c(-c3ccncc3)c(-c3ccc(F)cc3)nn2c1)C1CCNCC1. The molecule has 4 aromatic rings. The van der Waals surface area contributed by atoms with Gasteiger partial charge in [-0.05, 0) is 92.4 Å². The molecule has 5 nitrogen and oxygen atoms in total. The van der Waals surface area contributed by atoms with Gasteiger partial charge in [0, 0.05) is 42.3 Å². The van der Waals surface area contributed by atoms with Crippen LogP contribution in [0.5, 0.6) is 0 Å². The van der Waals surface area contributed by atoms with Crippen molar-refractivity contribution >= 4 is 5.52 Å². The highest BCUT2D eigenvalue weighted by Crippen LogP contribution is 2.35. The lowest BCUT2D eigenvalue weighted by Gasteiger charge is -2.29. The van der Waals surface area contributed by atoms with Crippen molar-refractivity contribution in [3.05, 3.63) is 78.5 Å². The van der Waals surface area contributed by atoms with Crippen LogP contribution in [-0.4, -0.2) is 33.7 Å². The summed E-state index contributed by atoms with van der Waals surface area (Å²) in [6, 6.07) is 15.3. The van der Waals surface area contributed by atoms with Crippen molar-refractivity contribution in [1.29, 1.82) is 0 Å². The van der Waals surface area contributed by atoms with Crippen molar-refractivity contribution in [2.45, 2.75) is 32.4 Å². The van der Waals surface area contributed by atoms with Crippen LogP contribution in [0.3, 0.4) is 0 Å². The standard InChI is InChI=1S/C26H28FN5/c1-18(20-8-12-28-13-9-20)30-16-19-2-7-24-25(21-10-14-29-15-11-21)26(31-32(24)17-19)22-3-5-23(27)6-4-22/h2-7,10-11,14-15,17-18,20,28,30H,8-9,12-13,16H2,1H3/t18-/m1/s1. The molecule has 5 rings (SSSR count). The van der Waals surface area contributed by atoms with Gasteiger partial charge in [-0.3, -0.25) is 4.98 Å². The van der Waals surface area contributed by atoms with Gasteiger partial charge < -0.3 is 10.6 Å². The van der Waals surface area contributed by atoms with E-state index in [1.165, 1.54) is 30.5 Å². The van der Waals surface area contributed by atoms with E-state index in [0.717, 1.165) is 47.5 Å². The van der Waals surface area contributed by atoms with E-state index in [4.69, 9.17) is 5.10 Å². The number of hydrogen-bond donors (Lipinski definition) is 2. The molecule has 1 aliphatic rings. The molecule has 164 valence electrons. The fourth-order valence-electron chi connectivity index (χ4n) is 4.60. The van der Waals surface area contributed by atoms with Crippen LogP contribution in [-0.2, 0) is 6.54 Å². The molecule has 0 saturated carbocycles. The van der Waals surface area contributed by atoms with Crippen LogP contribution in [0.25, 0.3) is 27.9 Å². The second kappa shape index (κ2) is 9.18. The maximum Gasteiger partial charge on any atom is 0.123 e. The maximum absolute atomic E-state index is 13.5. The maximum atomic E-state index is 13.5. The van der Waals surface area contributed by atoms with Crippen LogP contribution in [0.15, 0.2) is 67.1 Å². The molecule has 2 N–H and O–H groups in total. The van der Waals surface area contributed by atoms with Crippen LogP contribution in [0.1, 0.15) is 25.3 Å². The topological polar surface area (TPSA) is 54.2 Å². The number of halogens is 1. The van der Waals surface area contributed by atoms with Crippen molar-refractivity contribution < 1.29 is 4.39 Å². The molecule has 0 spiro atoms. The number of piperidine rings is 1. The third kappa shape index (κ3) is 4.29. The van der Waals surface area contributed by atoms with Crippen molar-refractivity contribution in [2.24, 2.45) is 5.92 Å². The van der Waals surface area contributed by atoms with Crippen LogP contribution in [0.2, 0.25) is 0 Å². The number of aromatic nitrogens is 3. The van der Waals surface area contributed by atoms with Crippen molar-refractivity contribution in [3.8, 4) is 22.4 Å². The van der Waals surface area contributed by atoms with Gasteiger partial charge in [0.25, 0.3) is 0 Å². The summed E-state index contributed by atoms with van der Waals surface area (Å²) in [7, 11) is 0. The molecule has 1 aromatic carbocycles. The Morgan fingerprint density at radius 2 is 1.78 bits per heavy atom. The summed E-state index contributed by atoms with van der Waals surface area (Å²) >= 11 is 0. The van der Waals surface area contributed by atoms with Gasteiger partial charge in [0.15, 0.2) is 0 Å². The first-order valence-corrected chi connectivity index (χ1v) is 11.3. The Labute approximate surface area is 187 Å². The summed E-state index contributed by atoms with van der Waals surface area (Å²) < 4.78 is 15.5. The third-order valence-corrected chi connectivity index (χ3v) is 6.50. The van der Waals surface area contributed by atoms with Gasteiger partial charge in [-0.1, -0.05) is 6.07 Å². The van der Waals surface area contributed by atoms with E-state index in [9.17, 15) is 4.39 Å². The molecule has 0 radical (unpaired) electrons. The largest absolute Gasteiger partial charge is 0.317 e. The number of nitrogens with zero attached hydrogens (tertiary/aromatic N) is 3. The van der Waals surface area contributed by atoms with E-state index in [1.807, 2.05) is 16.6 Å². The van der Waals surface area contributed by atoms with E-state index in [-0.39, 0.29) is 5.82 Å². The minimum atomic E-state index is -0.251. The Morgan fingerprint density at radius 1 is 1.03 bits per heavy atom. The third-order valence-electron chi connectivity index (χ3n) is 6.50. The van der Waals surface area contributed by atoms with Gasteiger partial charge in [0.2, 0.25) is 0 Å². The monoisotopic (exact) mass is 429 g/mol. The molecule has 0 amide bonds. The molecule has 0 aliphatic carbocycles. The van der Waals surface area contributed by atoms with Crippen LogP contribution < -0.4 is 10.6 Å². The quantitative estimate of drug-likeness (QED) is 0.467. The fourth-order valence-corrected chi connectivity index (χ4v) is 4.60. The Kier molecular flexibility index (Phi) is 5.97. The fraction of sp³-hybridized carbons (Fsp3) is 0.308. The summed E-state index contributed by atoms with van der Waals surface area (Å²) in [4.78, 5) is 4.15. The molecular weight excluding hydrogens is 401 g/mol. The van der Waals surface area contributed by atoms with Gasteiger partial charge in [-0.25, -0.2) is 8.91 Å². The highest BCUT2D eigenvalue weighted by molar-refractivity contribution is 5.92. The highest BCUT2D eigenvalue weighted by Gasteiger charge is 2.20. The van der Waals surface area contributed by atoms with E-state index >= 15 is 0 Å². The number of nitrogens with one attached hydrogen (secondary N) is 2. The average molecular weight is 430 g/mol. The molecule has 1 aliphatic heterocycles. The van der Waals surface area contributed by atoms with Gasteiger partial charge in [0.05, 0.1) is 5.52 Å². The van der Waals surface area contributed by atoms with Crippen LogP contribution >= 0.6 is 0 Å². The zero-order valence-electron chi connectivity index (χ0n) is 18.3. The smallest absolute Gasteiger partial charge is 0.123 e. The predicted octanol–water partition coefficient (Wildman–Crippen LogP) is 4.68. The molecule has 0 bridgehead atoms. The van der Waals surface area contributed by atoms with E-state index in [0.29, 0.717) is 12.0 Å². The minimum absolute atomic E-state index is 0.251. The molecule has 6 heteroatoms. The van der Waals surface area contributed by atoms with E-state index in [1.54, 1.807) is 24.5 Å². The zero-order valence-corrected chi connectivity index (χ0v) is 18.3. The highest BCUT2D eigenvalue weighted by atomic mass is 19.1. The molecule has 1 atom stereocenters. The first-order valence-electron chi connectivity index (χ1n) is 11.3. The molecule has 0 unspecified atom stereocenters. The first-order chi connectivity index (χ1) is 15.7. The molecule has 32 heavy (non-hydrogen) atoms. The molecule has 4 heterocycles. The van der Waals surface area contributed by atoms with E-state index in [2.05, 4.69) is 40.9 Å². The van der Waals surface area contributed by atoms with Gasteiger partial charge >= 0.3 is 0 Å². The lowest BCUT2D eigenvalue weighted by Crippen LogP contribution is -2.39. The zero-order chi connectivity index (χ0) is 21.9. The van der Waals surface area contributed by atoms with Crippen LogP contribution in [0, 0.1) is 11.7 Å². The number of benzene rings is 1. The molecular formula is C26H28FN5. The minimum Gasteiger partial charge on any atom is -0.317 e.